The van der Waals surface area contributed by atoms with Crippen molar-refractivity contribution in [2.75, 3.05) is 19.6 Å². The Hall–Kier alpha value is -0.610. The van der Waals surface area contributed by atoms with Crippen molar-refractivity contribution in [2.24, 2.45) is 0 Å². The highest BCUT2D eigenvalue weighted by Gasteiger charge is 2.34. The third-order valence-corrected chi connectivity index (χ3v) is 3.39. The summed E-state index contributed by atoms with van der Waals surface area (Å²) < 4.78 is 0. The molecule has 0 aromatic carbocycles. The van der Waals surface area contributed by atoms with Crippen molar-refractivity contribution >= 4 is 5.91 Å². The fourth-order valence-corrected chi connectivity index (χ4v) is 2.43. The molecule has 4 heteroatoms. The number of carbonyl (C=O) groups excluding carboxylic acids is 1. The lowest BCUT2D eigenvalue weighted by Gasteiger charge is -2.20. The SMILES string of the molecule is CC1(O)CCN(C(=O)CC2CCCN2)C1. The first-order chi connectivity index (χ1) is 7.07. The highest BCUT2D eigenvalue weighted by atomic mass is 16.3. The van der Waals surface area contributed by atoms with E-state index in [-0.39, 0.29) is 5.91 Å². The summed E-state index contributed by atoms with van der Waals surface area (Å²) >= 11 is 0. The van der Waals surface area contributed by atoms with Crippen LogP contribution in [0, 0.1) is 0 Å². The Balaban J connectivity index is 1.81. The van der Waals surface area contributed by atoms with E-state index >= 15 is 0 Å². The zero-order valence-electron chi connectivity index (χ0n) is 9.33. The predicted octanol–water partition coefficient (Wildman–Crippen LogP) is 0.112. The molecule has 1 amide bonds. The number of likely N-dealkylation sites (tertiary alicyclic amines) is 1. The minimum atomic E-state index is -0.668. The first-order valence-electron chi connectivity index (χ1n) is 5.80. The molecule has 0 spiro atoms. The molecular weight excluding hydrogens is 192 g/mol. The second-order valence-electron chi connectivity index (χ2n) is 5.06. The molecule has 2 N–H and O–H groups in total. The van der Waals surface area contributed by atoms with E-state index in [4.69, 9.17) is 0 Å². The summed E-state index contributed by atoms with van der Waals surface area (Å²) in [6.45, 7) is 4.04. The van der Waals surface area contributed by atoms with Crippen LogP contribution >= 0.6 is 0 Å². The van der Waals surface area contributed by atoms with Crippen molar-refractivity contribution in [3.05, 3.63) is 0 Å². The standard InChI is InChI=1S/C11H20N2O2/c1-11(15)4-6-13(8-11)10(14)7-9-3-2-5-12-9/h9,12,15H,2-8H2,1H3. The van der Waals surface area contributed by atoms with E-state index in [9.17, 15) is 9.90 Å². The number of β-amino-alcohol motifs (C(OH)–C–C–N with tert-alkyl or cyclic N) is 1. The Morgan fingerprint density at radius 2 is 2.47 bits per heavy atom. The van der Waals surface area contributed by atoms with Crippen LogP contribution in [0.25, 0.3) is 0 Å². The summed E-state index contributed by atoms with van der Waals surface area (Å²) in [5, 5.41) is 13.1. The molecule has 0 radical (unpaired) electrons. The molecule has 2 fully saturated rings. The molecule has 4 nitrogen and oxygen atoms in total. The van der Waals surface area contributed by atoms with Gasteiger partial charge in [0.1, 0.15) is 0 Å². The fraction of sp³-hybridized carbons (Fsp3) is 0.909. The Kier molecular flexibility index (Phi) is 2.98. The van der Waals surface area contributed by atoms with Gasteiger partial charge in [0.2, 0.25) is 5.91 Å². The zero-order valence-corrected chi connectivity index (χ0v) is 9.33. The summed E-state index contributed by atoms with van der Waals surface area (Å²) in [5.74, 6) is 0.187. The minimum absolute atomic E-state index is 0.187. The summed E-state index contributed by atoms with van der Waals surface area (Å²) in [5.41, 5.74) is -0.668. The maximum Gasteiger partial charge on any atom is 0.224 e. The molecule has 0 aromatic rings. The van der Waals surface area contributed by atoms with E-state index < -0.39 is 5.60 Å². The van der Waals surface area contributed by atoms with Crippen LogP contribution in [0.5, 0.6) is 0 Å². The Bertz CT molecular complexity index is 247. The van der Waals surface area contributed by atoms with Gasteiger partial charge in [-0.05, 0) is 32.7 Å². The molecule has 2 aliphatic rings. The van der Waals surface area contributed by atoms with Gasteiger partial charge in [-0.1, -0.05) is 0 Å². The molecule has 15 heavy (non-hydrogen) atoms. The average molecular weight is 212 g/mol. The number of aliphatic hydroxyl groups is 1. The molecule has 0 aliphatic carbocycles. The summed E-state index contributed by atoms with van der Waals surface area (Å²) in [4.78, 5) is 13.7. The second-order valence-corrected chi connectivity index (χ2v) is 5.06. The maximum atomic E-state index is 11.9. The van der Waals surface area contributed by atoms with Crippen molar-refractivity contribution in [1.82, 2.24) is 10.2 Å². The van der Waals surface area contributed by atoms with Crippen LogP contribution in [0.3, 0.4) is 0 Å². The van der Waals surface area contributed by atoms with Crippen molar-refractivity contribution in [3.63, 3.8) is 0 Å². The third-order valence-electron chi connectivity index (χ3n) is 3.39. The number of rotatable bonds is 2. The Morgan fingerprint density at radius 3 is 3.00 bits per heavy atom. The lowest BCUT2D eigenvalue weighted by atomic mass is 10.1. The molecule has 2 rings (SSSR count). The van der Waals surface area contributed by atoms with Crippen molar-refractivity contribution in [2.45, 2.75) is 44.2 Å². The van der Waals surface area contributed by atoms with Crippen LogP contribution in [0.15, 0.2) is 0 Å². The highest BCUT2D eigenvalue weighted by Crippen LogP contribution is 2.21. The topological polar surface area (TPSA) is 52.6 Å². The lowest BCUT2D eigenvalue weighted by molar-refractivity contribution is -0.131. The van der Waals surface area contributed by atoms with Gasteiger partial charge in [0, 0.05) is 25.6 Å². The number of carbonyl (C=O) groups is 1. The lowest BCUT2D eigenvalue weighted by Crippen LogP contribution is -2.37. The summed E-state index contributed by atoms with van der Waals surface area (Å²) in [7, 11) is 0. The van der Waals surface area contributed by atoms with Crippen LogP contribution in [-0.4, -0.2) is 47.2 Å². The zero-order chi connectivity index (χ0) is 10.9. The van der Waals surface area contributed by atoms with Gasteiger partial charge in [-0.15, -0.1) is 0 Å². The molecule has 2 aliphatic heterocycles. The monoisotopic (exact) mass is 212 g/mol. The number of nitrogens with one attached hydrogen (secondary N) is 1. The van der Waals surface area contributed by atoms with Crippen molar-refractivity contribution < 1.29 is 9.90 Å². The van der Waals surface area contributed by atoms with Crippen LogP contribution in [0.2, 0.25) is 0 Å². The molecule has 0 saturated carbocycles. The molecule has 2 atom stereocenters. The number of hydrogen-bond acceptors (Lipinski definition) is 3. The van der Waals surface area contributed by atoms with Crippen molar-refractivity contribution in [1.29, 1.82) is 0 Å². The first-order valence-corrected chi connectivity index (χ1v) is 5.80. The average Bonchev–Trinajstić information content (AvgIpc) is 2.74. The van der Waals surface area contributed by atoms with Crippen molar-refractivity contribution in [3.8, 4) is 0 Å². The van der Waals surface area contributed by atoms with Gasteiger partial charge in [0.05, 0.1) is 5.60 Å². The minimum Gasteiger partial charge on any atom is -0.388 e. The van der Waals surface area contributed by atoms with E-state index in [0.29, 0.717) is 32.0 Å². The molecule has 2 saturated heterocycles. The van der Waals surface area contributed by atoms with Crippen LogP contribution < -0.4 is 5.32 Å². The normalized spacial score (nSPS) is 36.1. The van der Waals surface area contributed by atoms with E-state index in [0.717, 1.165) is 13.0 Å². The Morgan fingerprint density at radius 1 is 1.67 bits per heavy atom. The van der Waals surface area contributed by atoms with Gasteiger partial charge >= 0.3 is 0 Å². The Labute approximate surface area is 90.6 Å². The molecule has 0 aromatic heterocycles. The number of hydrogen-bond donors (Lipinski definition) is 2. The van der Waals surface area contributed by atoms with E-state index in [1.54, 1.807) is 11.8 Å². The summed E-state index contributed by atoms with van der Waals surface area (Å²) in [6, 6.07) is 0.364. The van der Waals surface area contributed by atoms with E-state index in [1.807, 2.05) is 0 Å². The van der Waals surface area contributed by atoms with Gasteiger partial charge in [0.25, 0.3) is 0 Å². The van der Waals surface area contributed by atoms with Crippen LogP contribution in [0.4, 0.5) is 0 Å². The highest BCUT2D eigenvalue weighted by molar-refractivity contribution is 5.77. The van der Waals surface area contributed by atoms with Gasteiger partial charge < -0.3 is 15.3 Å². The van der Waals surface area contributed by atoms with Crippen LogP contribution in [-0.2, 0) is 4.79 Å². The largest absolute Gasteiger partial charge is 0.388 e. The van der Waals surface area contributed by atoms with Crippen LogP contribution in [0.1, 0.15) is 32.6 Å². The van der Waals surface area contributed by atoms with E-state index in [2.05, 4.69) is 5.32 Å². The number of nitrogens with zero attached hydrogens (tertiary/aromatic N) is 1. The fourth-order valence-electron chi connectivity index (χ4n) is 2.43. The van der Waals surface area contributed by atoms with Gasteiger partial charge in [0.15, 0.2) is 0 Å². The molecule has 86 valence electrons. The van der Waals surface area contributed by atoms with Gasteiger partial charge in [-0.3, -0.25) is 4.79 Å². The maximum absolute atomic E-state index is 11.9. The smallest absolute Gasteiger partial charge is 0.224 e. The molecule has 2 heterocycles. The second kappa shape index (κ2) is 4.10. The van der Waals surface area contributed by atoms with Gasteiger partial charge in [-0.2, -0.15) is 0 Å². The first kappa shape index (κ1) is 10.9. The predicted molar refractivity (Wildman–Crippen MR) is 57.5 cm³/mol. The van der Waals surface area contributed by atoms with Gasteiger partial charge in [-0.25, -0.2) is 0 Å². The third kappa shape index (κ3) is 2.69. The summed E-state index contributed by atoms with van der Waals surface area (Å²) in [6.07, 6.45) is 3.58. The molecular formula is C11H20N2O2. The van der Waals surface area contributed by atoms with E-state index in [1.165, 1.54) is 6.42 Å². The quantitative estimate of drug-likeness (QED) is 0.683. The molecule has 0 bridgehead atoms. The number of amides is 1. The molecule has 2 unspecified atom stereocenters.